The van der Waals surface area contributed by atoms with Crippen LogP contribution in [-0.4, -0.2) is 46.9 Å². The molecule has 5 rings (SSSR count). The molecule has 1 aliphatic rings. The number of halogens is 1. The molecule has 0 aliphatic carbocycles. The van der Waals surface area contributed by atoms with E-state index in [9.17, 15) is 14.7 Å². The number of aliphatic hydroxyl groups excluding tert-OH is 1. The van der Waals surface area contributed by atoms with Crippen LogP contribution in [0.4, 0.5) is 0 Å². The van der Waals surface area contributed by atoms with Crippen molar-refractivity contribution < 1.29 is 24.2 Å². The van der Waals surface area contributed by atoms with Crippen LogP contribution in [0.3, 0.4) is 0 Å². The Balaban J connectivity index is 1.54. The van der Waals surface area contributed by atoms with E-state index in [2.05, 4.69) is 4.98 Å². The second kappa shape index (κ2) is 10.6. The lowest BCUT2D eigenvalue weighted by Gasteiger charge is -2.26. The Labute approximate surface area is 225 Å². The average molecular weight is 531 g/mol. The first-order valence-corrected chi connectivity index (χ1v) is 12.7. The maximum absolute atomic E-state index is 13.4. The van der Waals surface area contributed by atoms with Crippen molar-refractivity contribution in [1.29, 1.82) is 0 Å². The zero-order valence-electron chi connectivity index (χ0n) is 21.0. The van der Waals surface area contributed by atoms with Crippen LogP contribution in [0.1, 0.15) is 29.7 Å². The maximum Gasteiger partial charge on any atom is 0.295 e. The third-order valence-corrected chi connectivity index (χ3v) is 7.12. The fourth-order valence-electron chi connectivity index (χ4n) is 4.89. The second-order valence-electron chi connectivity index (χ2n) is 8.95. The number of aliphatic hydroxyl groups is 1. The van der Waals surface area contributed by atoms with Crippen LogP contribution in [0.2, 0.25) is 5.02 Å². The van der Waals surface area contributed by atoms with E-state index in [0.29, 0.717) is 34.9 Å². The zero-order chi connectivity index (χ0) is 26.8. The normalized spacial score (nSPS) is 16.8. The van der Waals surface area contributed by atoms with Crippen LogP contribution in [0.5, 0.6) is 11.5 Å². The van der Waals surface area contributed by atoms with Crippen molar-refractivity contribution in [2.75, 3.05) is 20.3 Å². The number of carbonyl (C=O) groups is 2. The number of ether oxygens (including phenoxy) is 2. The summed E-state index contributed by atoms with van der Waals surface area (Å²) in [7, 11) is 1.61. The number of benzene rings is 3. The van der Waals surface area contributed by atoms with Crippen molar-refractivity contribution in [3.8, 4) is 11.5 Å². The van der Waals surface area contributed by atoms with Gasteiger partial charge < -0.3 is 24.5 Å². The van der Waals surface area contributed by atoms with Crippen LogP contribution in [0, 0.1) is 0 Å². The third-order valence-electron chi connectivity index (χ3n) is 6.78. The van der Waals surface area contributed by atoms with Crippen molar-refractivity contribution in [3.05, 3.63) is 100 Å². The first-order chi connectivity index (χ1) is 18.4. The number of nitrogens with one attached hydrogen (secondary N) is 1. The van der Waals surface area contributed by atoms with Gasteiger partial charge in [0.15, 0.2) is 0 Å². The minimum absolute atomic E-state index is 0.00727. The Morgan fingerprint density at radius 3 is 2.50 bits per heavy atom. The van der Waals surface area contributed by atoms with Crippen molar-refractivity contribution in [2.45, 2.75) is 19.4 Å². The number of amides is 1. The van der Waals surface area contributed by atoms with Crippen molar-refractivity contribution in [1.82, 2.24) is 9.88 Å². The third kappa shape index (κ3) is 4.61. The summed E-state index contributed by atoms with van der Waals surface area (Å²) in [6, 6.07) is 18.7. The van der Waals surface area contributed by atoms with Crippen LogP contribution in [0.25, 0.3) is 16.7 Å². The number of aromatic nitrogens is 1. The monoisotopic (exact) mass is 530 g/mol. The largest absolute Gasteiger partial charge is 0.507 e. The van der Waals surface area contributed by atoms with Crippen molar-refractivity contribution in [2.24, 2.45) is 0 Å². The molecule has 0 spiro atoms. The van der Waals surface area contributed by atoms with E-state index >= 15 is 0 Å². The van der Waals surface area contributed by atoms with E-state index in [1.54, 1.807) is 55.6 Å². The fraction of sp³-hybridized carbons (Fsp3) is 0.200. The van der Waals surface area contributed by atoms with Crippen LogP contribution in [0.15, 0.2) is 78.5 Å². The smallest absolute Gasteiger partial charge is 0.295 e. The standard InChI is InChI=1S/C30H27ClN2O5/c1-3-38-20-10-8-18(9-11-20)28(34)26-27(22-6-4-5-7-24(22)31)33(30(36)29(26)35)15-14-19-17-32-25-13-12-21(37-2)16-23(19)25/h4-13,16-17,27,32,34H,3,14-15H2,1-2H3/t27-/m0/s1. The molecule has 2 heterocycles. The molecule has 0 radical (unpaired) electrons. The van der Waals surface area contributed by atoms with E-state index in [1.807, 2.05) is 31.3 Å². The highest BCUT2D eigenvalue weighted by Crippen LogP contribution is 2.42. The number of ketones is 1. The molecule has 194 valence electrons. The molecule has 0 unspecified atom stereocenters. The van der Waals surface area contributed by atoms with Crippen LogP contribution in [-0.2, 0) is 16.0 Å². The molecule has 1 amide bonds. The molecule has 38 heavy (non-hydrogen) atoms. The van der Waals surface area contributed by atoms with Crippen molar-refractivity contribution in [3.63, 3.8) is 0 Å². The predicted molar refractivity (Wildman–Crippen MR) is 147 cm³/mol. The number of methoxy groups -OCH3 is 1. The number of hydrogen-bond acceptors (Lipinski definition) is 5. The lowest BCUT2D eigenvalue weighted by atomic mass is 9.95. The summed E-state index contributed by atoms with van der Waals surface area (Å²) < 4.78 is 10.9. The Kier molecular flexibility index (Phi) is 7.11. The molecule has 1 fully saturated rings. The number of nitrogens with zero attached hydrogens (tertiary/aromatic N) is 1. The van der Waals surface area contributed by atoms with Gasteiger partial charge in [-0.05, 0) is 73.0 Å². The molecule has 1 aromatic heterocycles. The van der Waals surface area contributed by atoms with E-state index in [4.69, 9.17) is 21.1 Å². The molecule has 3 aromatic carbocycles. The highest BCUT2D eigenvalue weighted by Gasteiger charge is 2.46. The number of fused-ring (bicyclic) bond motifs is 1. The Morgan fingerprint density at radius 2 is 1.79 bits per heavy atom. The van der Waals surface area contributed by atoms with Gasteiger partial charge in [-0.2, -0.15) is 0 Å². The average Bonchev–Trinajstić information content (AvgIpc) is 3.45. The highest BCUT2D eigenvalue weighted by molar-refractivity contribution is 6.47. The molecule has 8 heteroatoms. The van der Waals surface area contributed by atoms with E-state index in [0.717, 1.165) is 22.2 Å². The number of aromatic amines is 1. The Morgan fingerprint density at radius 1 is 1.05 bits per heavy atom. The number of rotatable bonds is 8. The quantitative estimate of drug-likeness (QED) is 0.168. The summed E-state index contributed by atoms with van der Waals surface area (Å²) in [5.74, 6) is -0.315. The van der Waals surface area contributed by atoms with Gasteiger partial charge in [-0.3, -0.25) is 9.59 Å². The molecule has 2 N–H and O–H groups in total. The van der Waals surface area contributed by atoms with Gasteiger partial charge >= 0.3 is 0 Å². The van der Waals surface area contributed by atoms with Gasteiger partial charge in [0.25, 0.3) is 11.7 Å². The molecule has 7 nitrogen and oxygen atoms in total. The summed E-state index contributed by atoms with van der Waals surface area (Å²) in [6.07, 6.45) is 2.37. The molecular formula is C30H27ClN2O5. The second-order valence-corrected chi connectivity index (χ2v) is 9.35. The van der Waals surface area contributed by atoms with Gasteiger partial charge in [0.2, 0.25) is 0 Å². The van der Waals surface area contributed by atoms with Gasteiger partial charge in [-0.1, -0.05) is 29.8 Å². The number of Topliss-reactive ketones (excluding diaryl/α,β-unsaturated/α-hetero) is 1. The summed E-state index contributed by atoms with van der Waals surface area (Å²) in [6.45, 7) is 2.63. The van der Waals surface area contributed by atoms with Gasteiger partial charge in [0.1, 0.15) is 17.3 Å². The molecule has 1 aliphatic heterocycles. The fourth-order valence-corrected chi connectivity index (χ4v) is 5.13. The van der Waals surface area contributed by atoms with E-state index in [1.165, 1.54) is 4.90 Å². The topological polar surface area (TPSA) is 91.9 Å². The van der Waals surface area contributed by atoms with Gasteiger partial charge in [-0.15, -0.1) is 0 Å². The zero-order valence-corrected chi connectivity index (χ0v) is 21.8. The van der Waals surface area contributed by atoms with Crippen LogP contribution >= 0.6 is 11.6 Å². The maximum atomic E-state index is 13.4. The predicted octanol–water partition coefficient (Wildman–Crippen LogP) is 5.89. The number of carbonyl (C=O) groups excluding carboxylic acids is 2. The minimum Gasteiger partial charge on any atom is -0.507 e. The van der Waals surface area contributed by atoms with Crippen molar-refractivity contribution >= 4 is 40.0 Å². The molecule has 4 aromatic rings. The first kappa shape index (κ1) is 25.4. The van der Waals surface area contributed by atoms with Crippen LogP contribution < -0.4 is 9.47 Å². The van der Waals surface area contributed by atoms with E-state index in [-0.39, 0.29) is 17.9 Å². The molecule has 1 saturated heterocycles. The Bertz CT molecular complexity index is 1540. The Hall–Kier alpha value is -4.23. The van der Waals surface area contributed by atoms with E-state index < -0.39 is 17.7 Å². The van der Waals surface area contributed by atoms with Gasteiger partial charge in [-0.25, -0.2) is 0 Å². The minimum atomic E-state index is -0.838. The lowest BCUT2D eigenvalue weighted by Crippen LogP contribution is -2.31. The number of likely N-dealkylation sites (tertiary alicyclic amines) is 1. The first-order valence-electron chi connectivity index (χ1n) is 12.3. The number of hydrogen-bond donors (Lipinski definition) is 2. The van der Waals surface area contributed by atoms with Gasteiger partial charge in [0.05, 0.1) is 25.3 Å². The molecule has 0 saturated carbocycles. The lowest BCUT2D eigenvalue weighted by molar-refractivity contribution is -0.139. The molecule has 1 atom stereocenters. The number of H-pyrrole nitrogens is 1. The van der Waals surface area contributed by atoms with Gasteiger partial charge in [0, 0.05) is 34.2 Å². The highest BCUT2D eigenvalue weighted by atomic mass is 35.5. The summed E-state index contributed by atoms with van der Waals surface area (Å²) in [4.78, 5) is 31.4. The SMILES string of the molecule is CCOc1ccc(C(O)=C2C(=O)C(=O)N(CCc3c[nH]c4ccc(OC)cc34)[C@H]2c2ccccc2Cl)cc1. The molecule has 0 bridgehead atoms. The summed E-state index contributed by atoms with van der Waals surface area (Å²) >= 11 is 6.56. The molecular weight excluding hydrogens is 504 g/mol. The summed E-state index contributed by atoms with van der Waals surface area (Å²) in [5, 5.41) is 12.7. The summed E-state index contributed by atoms with van der Waals surface area (Å²) in [5.41, 5.74) is 2.91.